The highest BCUT2D eigenvalue weighted by molar-refractivity contribution is 14.1. The highest BCUT2D eigenvalue weighted by atomic mass is 127. The lowest BCUT2D eigenvalue weighted by Gasteiger charge is -2.22. The number of amides is 1. The zero-order valence-corrected chi connectivity index (χ0v) is 23.4. The first-order valence-electron chi connectivity index (χ1n) is 12.3. The maximum Gasteiger partial charge on any atom is 0.261 e. The molecule has 4 aromatic rings. The summed E-state index contributed by atoms with van der Waals surface area (Å²) in [5.41, 5.74) is 2.28. The van der Waals surface area contributed by atoms with Crippen LogP contribution in [-0.4, -0.2) is 39.9 Å². The Labute approximate surface area is 234 Å². The quantitative estimate of drug-likeness (QED) is 0.245. The third-order valence-corrected chi connectivity index (χ3v) is 7.21. The number of nitrogens with one attached hydrogen (secondary N) is 1. The van der Waals surface area contributed by atoms with Gasteiger partial charge in [0.05, 0.1) is 23.6 Å². The van der Waals surface area contributed by atoms with E-state index >= 15 is 0 Å². The van der Waals surface area contributed by atoms with Crippen molar-refractivity contribution in [3.05, 3.63) is 104 Å². The van der Waals surface area contributed by atoms with Crippen LogP contribution in [0.1, 0.15) is 29.9 Å². The van der Waals surface area contributed by atoms with Crippen molar-refractivity contribution < 1.29 is 19.4 Å². The van der Waals surface area contributed by atoms with Crippen LogP contribution < -0.4 is 15.6 Å². The number of benzene rings is 3. The van der Waals surface area contributed by atoms with Crippen LogP contribution in [0.15, 0.2) is 77.6 Å². The predicted octanol–water partition coefficient (Wildman–Crippen LogP) is 3.91. The van der Waals surface area contributed by atoms with E-state index in [0.29, 0.717) is 35.5 Å². The average Bonchev–Trinajstić information content (AvgIpc) is 2.93. The van der Waals surface area contributed by atoms with Gasteiger partial charge in [0.2, 0.25) is 5.91 Å². The first-order chi connectivity index (χ1) is 18.4. The Balaban J connectivity index is 1.40. The van der Waals surface area contributed by atoms with Gasteiger partial charge in [-0.05, 0) is 71.0 Å². The van der Waals surface area contributed by atoms with Gasteiger partial charge in [-0.15, -0.1) is 0 Å². The molecule has 2 N–H and O–H groups in total. The molecule has 0 saturated heterocycles. The summed E-state index contributed by atoms with van der Waals surface area (Å²) in [5, 5.41) is 13.4. The molecular weight excluding hydrogens is 597 g/mol. The van der Waals surface area contributed by atoms with Crippen LogP contribution >= 0.6 is 22.6 Å². The van der Waals surface area contributed by atoms with E-state index in [4.69, 9.17) is 9.47 Å². The molecule has 0 saturated carbocycles. The normalized spacial score (nSPS) is 12.7. The van der Waals surface area contributed by atoms with E-state index in [0.717, 1.165) is 14.7 Å². The lowest BCUT2D eigenvalue weighted by Crippen LogP contribution is -2.41. The summed E-state index contributed by atoms with van der Waals surface area (Å²) in [4.78, 5) is 30.2. The third kappa shape index (κ3) is 6.58. The molecule has 4 rings (SSSR count). The minimum atomic E-state index is -0.710. The average molecular weight is 627 g/mol. The number of aromatic nitrogens is 2. The van der Waals surface area contributed by atoms with E-state index in [-0.39, 0.29) is 24.7 Å². The summed E-state index contributed by atoms with van der Waals surface area (Å²) in [6, 6.07) is 21.7. The number of carbonyl (C=O) groups is 1. The Morgan fingerprint density at radius 1 is 1.08 bits per heavy atom. The molecule has 0 aliphatic rings. The highest BCUT2D eigenvalue weighted by Crippen LogP contribution is 2.21. The van der Waals surface area contributed by atoms with Crippen LogP contribution in [0.4, 0.5) is 0 Å². The van der Waals surface area contributed by atoms with E-state index in [1.54, 1.807) is 13.1 Å². The molecule has 0 radical (unpaired) electrons. The maximum absolute atomic E-state index is 13.1. The molecule has 2 unspecified atom stereocenters. The van der Waals surface area contributed by atoms with Gasteiger partial charge in [0, 0.05) is 23.6 Å². The van der Waals surface area contributed by atoms with E-state index in [1.165, 1.54) is 4.57 Å². The van der Waals surface area contributed by atoms with E-state index in [9.17, 15) is 14.7 Å². The number of hydrogen-bond acceptors (Lipinski definition) is 6. The third-order valence-electron chi connectivity index (χ3n) is 6.23. The molecule has 0 aliphatic carbocycles. The molecule has 1 aromatic heterocycles. The number of aliphatic hydroxyl groups is 1. The van der Waals surface area contributed by atoms with Crippen LogP contribution in [0.3, 0.4) is 0 Å². The molecular formula is C29H30IN3O5. The van der Waals surface area contributed by atoms with Crippen molar-refractivity contribution in [1.82, 2.24) is 14.9 Å². The molecule has 0 bridgehead atoms. The highest BCUT2D eigenvalue weighted by Gasteiger charge is 2.24. The Kier molecular flexibility index (Phi) is 9.48. The van der Waals surface area contributed by atoms with Crippen molar-refractivity contribution >= 4 is 39.4 Å². The zero-order valence-electron chi connectivity index (χ0n) is 21.3. The van der Waals surface area contributed by atoms with Gasteiger partial charge in [0.15, 0.2) is 0 Å². The number of aliphatic hydroxyl groups excluding tert-OH is 1. The molecule has 1 heterocycles. The number of para-hydroxylation sites is 1. The molecule has 1 amide bonds. The molecule has 0 aliphatic heterocycles. The van der Waals surface area contributed by atoms with Gasteiger partial charge in [0.25, 0.3) is 5.56 Å². The van der Waals surface area contributed by atoms with Crippen molar-refractivity contribution in [3.8, 4) is 5.75 Å². The van der Waals surface area contributed by atoms with Crippen LogP contribution in [-0.2, 0) is 29.6 Å². The predicted molar refractivity (Wildman–Crippen MR) is 154 cm³/mol. The lowest BCUT2D eigenvalue weighted by molar-refractivity contribution is -0.133. The number of carbonyl (C=O) groups excluding carboxylic acids is 1. The molecule has 9 heteroatoms. The molecule has 198 valence electrons. The number of nitrogens with zero attached hydrogens (tertiary/aromatic N) is 2. The number of halogens is 1. The minimum Gasteiger partial charge on any atom is -0.486 e. The first-order valence-corrected chi connectivity index (χ1v) is 13.4. The Morgan fingerprint density at radius 3 is 2.50 bits per heavy atom. The second-order valence-corrected chi connectivity index (χ2v) is 9.92. The van der Waals surface area contributed by atoms with Gasteiger partial charge in [-0.3, -0.25) is 14.2 Å². The molecule has 38 heavy (non-hydrogen) atoms. The number of ether oxygens (including phenoxy) is 2. The number of rotatable bonds is 11. The first kappa shape index (κ1) is 27.7. The van der Waals surface area contributed by atoms with E-state index < -0.39 is 12.1 Å². The molecule has 3 aromatic carbocycles. The largest absolute Gasteiger partial charge is 0.486 e. The standard InChI is InChI=1S/C29H30IN3O5/c1-3-37-26(28(35)32-25(17-34)21-8-4-6-10-23(21)30)16-19-12-14-20(15-13-19)38-18-27-31-24-11-7-5-9-22(24)29(36)33(27)2/h4-15,25-26,34H,3,16-18H2,1-2H3,(H,32,35). The summed E-state index contributed by atoms with van der Waals surface area (Å²) in [7, 11) is 1.68. The van der Waals surface area contributed by atoms with Gasteiger partial charge < -0.3 is 19.9 Å². The Morgan fingerprint density at radius 2 is 1.79 bits per heavy atom. The van der Waals surface area contributed by atoms with Crippen LogP contribution in [0.25, 0.3) is 10.9 Å². The zero-order chi connectivity index (χ0) is 27.1. The molecule has 8 nitrogen and oxygen atoms in total. The van der Waals surface area contributed by atoms with Crippen LogP contribution in [0.2, 0.25) is 0 Å². The van der Waals surface area contributed by atoms with Crippen molar-refractivity contribution in [2.24, 2.45) is 7.05 Å². The topological polar surface area (TPSA) is 103 Å². The summed E-state index contributed by atoms with van der Waals surface area (Å²) in [6.07, 6.45) is -0.344. The van der Waals surface area contributed by atoms with E-state index in [1.807, 2.05) is 73.7 Å². The Bertz CT molecular complexity index is 1460. The number of hydrogen-bond donors (Lipinski definition) is 2. The van der Waals surface area contributed by atoms with Gasteiger partial charge >= 0.3 is 0 Å². The van der Waals surface area contributed by atoms with Crippen molar-refractivity contribution in [3.63, 3.8) is 0 Å². The summed E-state index contributed by atoms with van der Waals surface area (Å²) in [6.45, 7) is 2.15. The second kappa shape index (κ2) is 13.0. The minimum absolute atomic E-state index is 0.116. The van der Waals surface area contributed by atoms with Crippen molar-refractivity contribution in [2.75, 3.05) is 13.2 Å². The molecule has 0 spiro atoms. The van der Waals surface area contributed by atoms with Gasteiger partial charge in [0.1, 0.15) is 24.3 Å². The SMILES string of the molecule is CCOC(Cc1ccc(OCc2nc3ccccc3c(=O)n2C)cc1)C(=O)NC(CO)c1ccccc1I. The smallest absolute Gasteiger partial charge is 0.261 e. The summed E-state index contributed by atoms with van der Waals surface area (Å²) >= 11 is 2.19. The van der Waals surface area contributed by atoms with Crippen molar-refractivity contribution in [2.45, 2.75) is 32.1 Å². The molecule has 2 atom stereocenters. The van der Waals surface area contributed by atoms with Gasteiger partial charge in [-0.2, -0.15) is 0 Å². The monoisotopic (exact) mass is 627 g/mol. The maximum atomic E-state index is 13.1. The summed E-state index contributed by atoms with van der Waals surface area (Å²) in [5.74, 6) is 0.860. The number of fused-ring (bicyclic) bond motifs is 1. The second-order valence-electron chi connectivity index (χ2n) is 8.76. The Hall–Kier alpha value is -3.28. The summed E-state index contributed by atoms with van der Waals surface area (Å²) < 4.78 is 14.1. The van der Waals surface area contributed by atoms with Crippen LogP contribution in [0.5, 0.6) is 5.75 Å². The van der Waals surface area contributed by atoms with Crippen LogP contribution in [0, 0.1) is 3.57 Å². The molecule has 0 fully saturated rings. The van der Waals surface area contributed by atoms with Gasteiger partial charge in [-0.1, -0.05) is 42.5 Å². The van der Waals surface area contributed by atoms with E-state index in [2.05, 4.69) is 32.9 Å². The fourth-order valence-corrected chi connectivity index (χ4v) is 4.91. The van der Waals surface area contributed by atoms with Crippen molar-refractivity contribution in [1.29, 1.82) is 0 Å². The fourth-order valence-electron chi connectivity index (χ4n) is 4.15. The fraction of sp³-hybridized carbons (Fsp3) is 0.276. The van der Waals surface area contributed by atoms with Gasteiger partial charge in [-0.25, -0.2) is 4.98 Å². The lowest BCUT2D eigenvalue weighted by atomic mass is 10.0.